The predicted molar refractivity (Wildman–Crippen MR) is 105 cm³/mol. The van der Waals surface area contributed by atoms with Crippen molar-refractivity contribution in [2.45, 2.75) is 18.5 Å². The van der Waals surface area contributed by atoms with Gasteiger partial charge in [0.05, 0.1) is 11.6 Å². The number of hydrogen-bond donors (Lipinski definition) is 2. The molecule has 2 rings (SSSR count). The van der Waals surface area contributed by atoms with Gasteiger partial charge in [-0.2, -0.15) is 0 Å². The summed E-state index contributed by atoms with van der Waals surface area (Å²) in [5.41, 5.74) is 2.22. The molecule has 7 heteroatoms. The van der Waals surface area contributed by atoms with Crippen LogP contribution in [0.2, 0.25) is 0 Å². The van der Waals surface area contributed by atoms with Crippen molar-refractivity contribution < 1.29 is 9.59 Å². The number of aromatic nitrogens is 1. The number of rotatable bonds is 8. The van der Waals surface area contributed by atoms with Crippen LogP contribution in [0.4, 0.5) is 5.69 Å². The second-order valence-corrected chi connectivity index (χ2v) is 7.27. The lowest BCUT2D eigenvalue weighted by Gasteiger charge is -2.11. The average molecular weight is 372 g/mol. The number of likely N-dealkylation sites (N-methyl/N-ethyl adjacent to an activating group) is 1. The van der Waals surface area contributed by atoms with Crippen LogP contribution in [0.25, 0.3) is 0 Å². The van der Waals surface area contributed by atoms with Gasteiger partial charge in [0.2, 0.25) is 5.91 Å². The molecule has 0 bridgehead atoms. The molecule has 2 N–H and O–H groups in total. The summed E-state index contributed by atoms with van der Waals surface area (Å²) in [5.74, 6) is 0.686. The van der Waals surface area contributed by atoms with Crippen molar-refractivity contribution in [2.24, 2.45) is 0 Å². The lowest BCUT2D eigenvalue weighted by atomic mass is 10.2. The van der Waals surface area contributed by atoms with Crippen molar-refractivity contribution in [1.29, 1.82) is 0 Å². The second-order valence-electron chi connectivity index (χ2n) is 5.98. The number of carbonyl (C=O) groups excluding carboxylic acids is 2. The number of hydrogen-bond acceptors (Lipinski definition) is 5. The van der Waals surface area contributed by atoms with Crippen molar-refractivity contribution in [1.82, 2.24) is 15.2 Å². The van der Waals surface area contributed by atoms with E-state index in [9.17, 15) is 9.59 Å². The Bertz CT molecular complexity index is 765. The third-order valence-corrected chi connectivity index (χ3v) is 4.22. The van der Waals surface area contributed by atoms with Crippen molar-refractivity contribution >= 4 is 29.3 Å². The molecule has 138 valence electrons. The highest BCUT2D eigenvalue weighted by Crippen LogP contribution is 2.16. The summed E-state index contributed by atoms with van der Waals surface area (Å²) in [4.78, 5) is 30.2. The first-order valence-corrected chi connectivity index (χ1v) is 9.37. The molecule has 1 heterocycles. The van der Waals surface area contributed by atoms with E-state index in [2.05, 4.69) is 15.6 Å². The zero-order chi connectivity index (χ0) is 18.9. The minimum atomic E-state index is -0.146. The molecule has 0 aliphatic heterocycles. The first-order chi connectivity index (χ1) is 12.5. The third-order valence-electron chi connectivity index (χ3n) is 3.41. The fraction of sp³-hybridized carbons (Fsp3) is 0.316. The van der Waals surface area contributed by atoms with Crippen molar-refractivity contribution in [3.63, 3.8) is 0 Å². The first-order valence-electron chi connectivity index (χ1n) is 8.38. The predicted octanol–water partition coefficient (Wildman–Crippen LogP) is 2.62. The van der Waals surface area contributed by atoms with Crippen LogP contribution >= 0.6 is 11.8 Å². The summed E-state index contributed by atoms with van der Waals surface area (Å²) >= 11 is 1.60. The summed E-state index contributed by atoms with van der Waals surface area (Å²) in [5, 5.41) is 6.59. The molecule has 6 nitrogen and oxygen atoms in total. The number of nitrogens with zero attached hydrogens (tertiary/aromatic N) is 2. The molecule has 0 atom stereocenters. The van der Waals surface area contributed by atoms with Crippen LogP contribution in [0.3, 0.4) is 0 Å². The number of carbonyl (C=O) groups is 2. The topological polar surface area (TPSA) is 74.3 Å². The lowest BCUT2D eigenvalue weighted by molar-refractivity contribution is -0.116. The Morgan fingerprint density at radius 2 is 2.00 bits per heavy atom. The van der Waals surface area contributed by atoms with Crippen LogP contribution in [0.5, 0.6) is 0 Å². The van der Waals surface area contributed by atoms with E-state index in [1.54, 1.807) is 35.0 Å². The molecular formula is C19H24N4O2S. The average Bonchev–Trinajstić information content (AvgIpc) is 2.60. The monoisotopic (exact) mass is 372 g/mol. The van der Waals surface area contributed by atoms with E-state index in [1.807, 2.05) is 45.3 Å². The van der Waals surface area contributed by atoms with E-state index in [-0.39, 0.29) is 11.8 Å². The molecule has 26 heavy (non-hydrogen) atoms. The molecule has 0 saturated heterocycles. The number of nitrogens with one attached hydrogen (secondary N) is 2. The summed E-state index contributed by atoms with van der Waals surface area (Å²) < 4.78 is 0. The molecule has 0 saturated carbocycles. The van der Waals surface area contributed by atoms with Gasteiger partial charge in [-0.15, -0.1) is 11.8 Å². The van der Waals surface area contributed by atoms with Crippen LogP contribution in [0.15, 0.2) is 47.6 Å². The molecule has 0 spiro atoms. The first kappa shape index (κ1) is 19.9. The van der Waals surface area contributed by atoms with Gasteiger partial charge in [-0.1, -0.05) is 19.1 Å². The SMILES string of the molecule is CCSc1cc(C(=O)NCc2cccc(NC(=O)CN(C)C)c2)ccn1. The van der Waals surface area contributed by atoms with Crippen LogP contribution in [-0.4, -0.2) is 48.1 Å². The van der Waals surface area contributed by atoms with Crippen molar-refractivity contribution in [2.75, 3.05) is 31.7 Å². The van der Waals surface area contributed by atoms with Gasteiger partial charge in [0, 0.05) is 24.0 Å². The van der Waals surface area contributed by atoms with E-state index in [4.69, 9.17) is 0 Å². The molecule has 1 aromatic heterocycles. The molecular weight excluding hydrogens is 348 g/mol. The van der Waals surface area contributed by atoms with E-state index in [1.165, 1.54) is 0 Å². The van der Waals surface area contributed by atoms with Crippen LogP contribution < -0.4 is 10.6 Å². The number of anilines is 1. The van der Waals surface area contributed by atoms with Crippen LogP contribution in [0, 0.1) is 0 Å². The van der Waals surface area contributed by atoms with Gasteiger partial charge in [0.15, 0.2) is 0 Å². The fourth-order valence-corrected chi connectivity index (χ4v) is 2.95. The number of thioether (sulfide) groups is 1. The lowest BCUT2D eigenvalue weighted by Crippen LogP contribution is -2.27. The largest absolute Gasteiger partial charge is 0.348 e. The Morgan fingerprint density at radius 1 is 1.19 bits per heavy atom. The Morgan fingerprint density at radius 3 is 2.73 bits per heavy atom. The molecule has 1 aromatic carbocycles. The zero-order valence-corrected chi connectivity index (χ0v) is 16.1. The highest BCUT2D eigenvalue weighted by molar-refractivity contribution is 7.99. The van der Waals surface area contributed by atoms with Crippen molar-refractivity contribution in [3.8, 4) is 0 Å². The smallest absolute Gasteiger partial charge is 0.251 e. The minimum absolute atomic E-state index is 0.0751. The highest BCUT2D eigenvalue weighted by atomic mass is 32.2. The fourth-order valence-electron chi connectivity index (χ4n) is 2.31. The number of amides is 2. The third kappa shape index (κ3) is 6.50. The summed E-state index contributed by atoms with van der Waals surface area (Å²) in [6.07, 6.45) is 1.65. The second kappa shape index (κ2) is 9.94. The molecule has 0 aliphatic carbocycles. The standard InChI is InChI=1S/C19H24N4O2S/c1-4-26-18-11-15(8-9-20-18)19(25)21-12-14-6-5-7-16(10-14)22-17(24)13-23(2)3/h5-11H,4,12-13H2,1-3H3,(H,21,25)(H,22,24). The van der Waals surface area contributed by atoms with E-state index >= 15 is 0 Å². The maximum atomic E-state index is 12.3. The molecule has 2 aromatic rings. The Balaban J connectivity index is 1.94. The summed E-state index contributed by atoms with van der Waals surface area (Å²) in [7, 11) is 3.68. The molecule has 0 unspecified atom stereocenters. The Labute approximate surface area is 158 Å². The van der Waals surface area contributed by atoms with Crippen LogP contribution in [0.1, 0.15) is 22.8 Å². The Kier molecular flexibility index (Phi) is 7.62. The van der Waals surface area contributed by atoms with Gasteiger partial charge < -0.3 is 15.5 Å². The maximum Gasteiger partial charge on any atom is 0.251 e. The van der Waals surface area contributed by atoms with E-state index < -0.39 is 0 Å². The highest BCUT2D eigenvalue weighted by Gasteiger charge is 2.08. The molecule has 2 amide bonds. The van der Waals surface area contributed by atoms with Gasteiger partial charge in [-0.3, -0.25) is 9.59 Å². The van der Waals surface area contributed by atoms with Gasteiger partial charge in [0.1, 0.15) is 0 Å². The normalized spacial score (nSPS) is 10.6. The minimum Gasteiger partial charge on any atom is -0.348 e. The summed E-state index contributed by atoms with van der Waals surface area (Å²) in [6, 6.07) is 10.9. The summed E-state index contributed by atoms with van der Waals surface area (Å²) in [6.45, 7) is 2.75. The van der Waals surface area contributed by atoms with Gasteiger partial charge in [0.25, 0.3) is 5.91 Å². The Hall–Kier alpha value is -2.38. The number of pyridine rings is 1. The van der Waals surface area contributed by atoms with Gasteiger partial charge in [-0.25, -0.2) is 4.98 Å². The van der Waals surface area contributed by atoms with Crippen molar-refractivity contribution in [3.05, 3.63) is 53.7 Å². The molecule has 0 fully saturated rings. The quantitative estimate of drug-likeness (QED) is 0.697. The maximum absolute atomic E-state index is 12.3. The van der Waals surface area contributed by atoms with Crippen LogP contribution in [-0.2, 0) is 11.3 Å². The van der Waals surface area contributed by atoms with Gasteiger partial charge >= 0.3 is 0 Å². The van der Waals surface area contributed by atoms with Gasteiger partial charge in [-0.05, 0) is 49.7 Å². The zero-order valence-electron chi connectivity index (χ0n) is 15.3. The molecule has 0 aliphatic rings. The van der Waals surface area contributed by atoms with E-state index in [0.29, 0.717) is 24.3 Å². The van der Waals surface area contributed by atoms with E-state index in [0.717, 1.165) is 16.3 Å². The number of benzene rings is 1. The molecule has 0 radical (unpaired) electrons.